The van der Waals surface area contributed by atoms with E-state index in [2.05, 4.69) is 34.9 Å². The van der Waals surface area contributed by atoms with Crippen molar-refractivity contribution >= 4 is 18.0 Å². The Hall–Kier alpha value is -3.39. The minimum atomic E-state index is -0.881. The monoisotopic (exact) mass is 478 g/mol. The second-order valence-corrected chi connectivity index (χ2v) is 9.54. The zero-order chi connectivity index (χ0) is 24.4. The Balaban J connectivity index is 1.14. The van der Waals surface area contributed by atoms with Crippen LogP contribution in [-0.4, -0.2) is 55.0 Å². The molecule has 3 aliphatic rings. The van der Waals surface area contributed by atoms with Crippen LogP contribution in [0.3, 0.4) is 0 Å². The molecule has 2 amide bonds. The van der Waals surface area contributed by atoms with Gasteiger partial charge in [0.25, 0.3) is 0 Å². The molecule has 0 bridgehead atoms. The predicted octanol–water partition coefficient (Wildman–Crippen LogP) is 3.30. The van der Waals surface area contributed by atoms with E-state index in [1.165, 1.54) is 11.1 Å². The number of nitrogens with one attached hydrogen (secondary N) is 2. The van der Waals surface area contributed by atoms with Crippen LogP contribution >= 0.6 is 0 Å². The number of amides is 2. The molecule has 0 radical (unpaired) electrons. The number of carboxylic acids is 1. The highest BCUT2D eigenvalue weighted by Gasteiger charge is 2.39. The first kappa shape index (κ1) is 23.4. The molecule has 8 heteroatoms. The van der Waals surface area contributed by atoms with Gasteiger partial charge in [-0.1, -0.05) is 55.0 Å². The first-order valence-corrected chi connectivity index (χ1v) is 12.3. The number of rotatable bonds is 7. The number of benzene rings is 2. The highest BCUT2D eigenvalue weighted by Crippen LogP contribution is 2.44. The van der Waals surface area contributed by atoms with Gasteiger partial charge in [-0.2, -0.15) is 0 Å². The molecule has 184 valence electrons. The van der Waals surface area contributed by atoms with Gasteiger partial charge in [-0.15, -0.1) is 0 Å². The Morgan fingerprint density at radius 3 is 2.34 bits per heavy atom. The van der Waals surface area contributed by atoms with Gasteiger partial charge in [0.2, 0.25) is 5.91 Å². The highest BCUT2D eigenvalue weighted by atomic mass is 16.5. The van der Waals surface area contributed by atoms with Crippen LogP contribution in [0.5, 0.6) is 0 Å². The summed E-state index contributed by atoms with van der Waals surface area (Å²) in [4.78, 5) is 36.7. The van der Waals surface area contributed by atoms with Crippen LogP contribution in [0.25, 0.3) is 11.1 Å². The molecule has 0 spiro atoms. The molecule has 2 aromatic carbocycles. The molecule has 4 atom stereocenters. The maximum Gasteiger partial charge on any atom is 0.407 e. The molecule has 1 saturated heterocycles. The number of fused-ring (bicyclic) bond motifs is 3. The van der Waals surface area contributed by atoms with Gasteiger partial charge in [-0.05, 0) is 41.5 Å². The summed E-state index contributed by atoms with van der Waals surface area (Å²) in [6, 6.07) is 15.9. The van der Waals surface area contributed by atoms with E-state index in [-0.39, 0.29) is 36.9 Å². The topological polar surface area (TPSA) is 114 Å². The summed E-state index contributed by atoms with van der Waals surface area (Å²) >= 11 is 0. The number of alkyl carbamates (subject to hydrolysis) is 1. The number of hydrogen-bond acceptors (Lipinski definition) is 5. The lowest BCUT2D eigenvalue weighted by Crippen LogP contribution is -2.48. The number of ether oxygens (including phenoxy) is 2. The SMILES string of the molecule is O=C(NCC1CCOC1C(=O)N[C@H]1CCC[C@H]1C(=O)O)OCC1c2ccccc2-c2ccccc21. The molecule has 1 heterocycles. The Bertz CT molecular complexity index is 1070. The second kappa shape index (κ2) is 10.1. The molecule has 2 fully saturated rings. The highest BCUT2D eigenvalue weighted by molar-refractivity contribution is 5.83. The smallest absolute Gasteiger partial charge is 0.407 e. The molecular weight excluding hydrogens is 448 g/mol. The molecular formula is C27H30N2O6. The van der Waals surface area contributed by atoms with Crippen molar-refractivity contribution < 1.29 is 29.0 Å². The summed E-state index contributed by atoms with van der Waals surface area (Å²) in [6.45, 7) is 0.896. The maximum absolute atomic E-state index is 12.8. The minimum Gasteiger partial charge on any atom is -0.481 e. The lowest BCUT2D eigenvalue weighted by Gasteiger charge is -2.23. The fraction of sp³-hybridized carbons (Fsp3) is 0.444. The lowest BCUT2D eigenvalue weighted by atomic mass is 9.98. The summed E-state index contributed by atoms with van der Waals surface area (Å²) in [5, 5.41) is 15.0. The average molecular weight is 479 g/mol. The molecule has 2 aromatic rings. The Morgan fingerprint density at radius 2 is 1.66 bits per heavy atom. The van der Waals surface area contributed by atoms with Crippen molar-refractivity contribution in [2.75, 3.05) is 19.8 Å². The molecule has 8 nitrogen and oxygen atoms in total. The van der Waals surface area contributed by atoms with E-state index in [1.54, 1.807) is 0 Å². The van der Waals surface area contributed by atoms with Gasteiger partial charge in [-0.25, -0.2) is 4.79 Å². The largest absolute Gasteiger partial charge is 0.481 e. The molecule has 3 N–H and O–H groups in total. The third-order valence-corrected chi connectivity index (χ3v) is 7.49. The van der Waals surface area contributed by atoms with Crippen LogP contribution in [-0.2, 0) is 19.1 Å². The molecule has 5 rings (SSSR count). The van der Waals surface area contributed by atoms with E-state index in [9.17, 15) is 19.5 Å². The number of carboxylic acid groups (broad SMARTS) is 1. The van der Waals surface area contributed by atoms with Gasteiger partial charge in [0.1, 0.15) is 12.7 Å². The summed E-state index contributed by atoms with van der Waals surface area (Å²) < 4.78 is 11.2. The van der Waals surface area contributed by atoms with Crippen molar-refractivity contribution in [2.24, 2.45) is 11.8 Å². The first-order valence-electron chi connectivity index (χ1n) is 12.3. The van der Waals surface area contributed by atoms with Crippen molar-refractivity contribution in [2.45, 2.75) is 43.7 Å². The molecule has 1 aliphatic heterocycles. The van der Waals surface area contributed by atoms with E-state index < -0.39 is 24.1 Å². The first-order chi connectivity index (χ1) is 17.0. The van der Waals surface area contributed by atoms with Crippen molar-refractivity contribution in [1.82, 2.24) is 10.6 Å². The van der Waals surface area contributed by atoms with Crippen LogP contribution in [0.15, 0.2) is 48.5 Å². The third kappa shape index (κ3) is 4.75. The van der Waals surface area contributed by atoms with Crippen LogP contribution in [0.1, 0.15) is 42.7 Å². The zero-order valence-corrected chi connectivity index (χ0v) is 19.4. The van der Waals surface area contributed by atoms with Crippen molar-refractivity contribution in [3.8, 4) is 11.1 Å². The fourth-order valence-electron chi connectivity index (χ4n) is 5.69. The van der Waals surface area contributed by atoms with Gasteiger partial charge in [-0.3, -0.25) is 9.59 Å². The quantitative estimate of drug-likeness (QED) is 0.563. The Morgan fingerprint density at radius 1 is 0.971 bits per heavy atom. The fourth-order valence-corrected chi connectivity index (χ4v) is 5.69. The van der Waals surface area contributed by atoms with Crippen molar-refractivity contribution in [1.29, 1.82) is 0 Å². The van der Waals surface area contributed by atoms with E-state index >= 15 is 0 Å². The minimum absolute atomic E-state index is 0.0184. The molecule has 0 aromatic heterocycles. The van der Waals surface area contributed by atoms with Gasteiger partial charge < -0.3 is 25.2 Å². The predicted molar refractivity (Wildman–Crippen MR) is 128 cm³/mol. The van der Waals surface area contributed by atoms with Gasteiger partial charge >= 0.3 is 12.1 Å². The maximum atomic E-state index is 12.8. The van der Waals surface area contributed by atoms with Gasteiger partial charge in [0.05, 0.1) is 5.92 Å². The van der Waals surface area contributed by atoms with E-state index in [0.717, 1.165) is 17.5 Å². The van der Waals surface area contributed by atoms with Gasteiger partial charge in [0, 0.05) is 31.0 Å². The second-order valence-electron chi connectivity index (χ2n) is 9.54. The summed E-state index contributed by atoms with van der Waals surface area (Å²) in [5.41, 5.74) is 4.63. The van der Waals surface area contributed by atoms with E-state index in [0.29, 0.717) is 25.9 Å². The lowest BCUT2D eigenvalue weighted by molar-refractivity contribution is -0.142. The van der Waals surface area contributed by atoms with Crippen LogP contribution in [0, 0.1) is 11.8 Å². The molecule has 2 unspecified atom stereocenters. The normalized spacial score (nSPS) is 25.0. The molecule has 1 saturated carbocycles. The zero-order valence-electron chi connectivity index (χ0n) is 19.4. The van der Waals surface area contributed by atoms with Crippen LogP contribution < -0.4 is 10.6 Å². The number of hydrogen-bond donors (Lipinski definition) is 3. The third-order valence-electron chi connectivity index (χ3n) is 7.49. The van der Waals surface area contributed by atoms with Crippen molar-refractivity contribution in [3.05, 3.63) is 59.7 Å². The summed E-state index contributed by atoms with van der Waals surface area (Å²) in [5.74, 6) is -1.96. The number of carbonyl (C=O) groups excluding carboxylic acids is 2. The van der Waals surface area contributed by atoms with E-state index in [1.807, 2.05) is 24.3 Å². The average Bonchev–Trinajstić information content (AvgIpc) is 3.59. The standard InChI is InChI=1S/C27H30N2O6/c30-25(29-23-11-5-10-21(23)26(31)32)24-16(12-13-34-24)14-28-27(33)35-15-22-19-8-3-1-6-17(19)18-7-2-4-9-20(18)22/h1-4,6-9,16,21-24H,5,10-15H2,(H,28,33)(H,29,30)(H,31,32)/t16?,21-,23+,24?/m1/s1. The molecule has 2 aliphatic carbocycles. The number of aliphatic carboxylic acids is 1. The molecule has 35 heavy (non-hydrogen) atoms. The van der Waals surface area contributed by atoms with E-state index in [4.69, 9.17) is 9.47 Å². The van der Waals surface area contributed by atoms with Gasteiger partial charge in [0.15, 0.2) is 0 Å². The Labute approximate surface area is 204 Å². The van der Waals surface area contributed by atoms with Crippen molar-refractivity contribution in [3.63, 3.8) is 0 Å². The number of carbonyl (C=O) groups is 3. The van der Waals surface area contributed by atoms with Crippen LogP contribution in [0.4, 0.5) is 4.79 Å². The summed E-state index contributed by atoms with van der Waals surface area (Å²) in [7, 11) is 0. The summed E-state index contributed by atoms with van der Waals surface area (Å²) in [6.07, 6.45) is 1.39. The Kier molecular flexibility index (Phi) is 6.72. The van der Waals surface area contributed by atoms with Crippen LogP contribution in [0.2, 0.25) is 0 Å².